The van der Waals surface area contributed by atoms with E-state index >= 15 is 0 Å². The van der Waals surface area contributed by atoms with Crippen molar-refractivity contribution >= 4 is 0 Å². The van der Waals surface area contributed by atoms with Gasteiger partial charge in [-0.15, -0.1) is 0 Å². The standard InChI is InChI=1S/C9H16.C7H12.C6H12/c1-7-3-9(4-7)5-8(2)6-9;1-6-3-7(2,4-6)5-6;1-5-3-6(2)4-5/h7-8H,3-6H2,1-2H3;3-5H2,1-2H3;5-6H,3-4H2,1-2H3. The zero-order chi connectivity index (χ0) is 16.2. The van der Waals surface area contributed by atoms with Crippen LogP contribution in [0.3, 0.4) is 0 Å². The fraction of sp³-hybridized carbons (Fsp3) is 1.00. The largest absolute Gasteiger partial charge is 0.0625 e. The Labute approximate surface area is 139 Å². The molecular formula is C22H40. The second kappa shape index (κ2) is 5.52. The molecule has 6 fully saturated rings. The maximum atomic E-state index is 2.40. The molecule has 6 saturated carbocycles. The Bertz CT molecular complexity index is 331. The molecule has 1 spiro atoms. The van der Waals surface area contributed by atoms with E-state index in [0.717, 1.165) is 39.9 Å². The van der Waals surface area contributed by atoms with Gasteiger partial charge in [0, 0.05) is 0 Å². The van der Waals surface area contributed by atoms with Crippen molar-refractivity contribution < 1.29 is 0 Å². The van der Waals surface area contributed by atoms with E-state index < -0.39 is 0 Å². The van der Waals surface area contributed by atoms with Gasteiger partial charge in [-0.1, -0.05) is 41.5 Å². The summed E-state index contributed by atoms with van der Waals surface area (Å²) in [5.41, 5.74) is 2.54. The molecule has 0 heteroatoms. The van der Waals surface area contributed by atoms with Gasteiger partial charge in [0.15, 0.2) is 0 Å². The van der Waals surface area contributed by atoms with Gasteiger partial charge in [-0.2, -0.15) is 0 Å². The highest BCUT2D eigenvalue weighted by Crippen LogP contribution is 2.72. The maximum Gasteiger partial charge on any atom is -0.0287 e. The summed E-state index contributed by atoms with van der Waals surface area (Å²) in [6, 6.07) is 0. The summed E-state index contributed by atoms with van der Waals surface area (Å²) in [4.78, 5) is 0. The van der Waals surface area contributed by atoms with E-state index in [1.54, 1.807) is 0 Å². The van der Waals surface area contributed by atoms with E-state index in [1.807, 2.05) is 0 Å². The smallest absolute Gasteiger partial charge is 0.0287 e. The van der Waals surface area contributed by atoms with Crippen LogP contribution in [0.2, 0.25) is 0 Å². The van der Waals surface area contributed by atoms with Crippen molar-refractivity contribution in [1.29, 1.82) is 0 Å². The molecule has 0 aliphatic heterocycles. The van der Waals surface area contributed by atoms with Crippen molar-refractivity contribution in [2.45, 2.75) is 99.3 Å². The first-order chi connectivity index (χ1) is 10.1. The first-order valence-corrected chi connectivity index (χ1v) is 10.1. The predicted octanol–water partition coefficient (Wildman–Crippen LogP) is 7.08. The molecule has 6 aliphatic carbocycles. The van der Waals surface area contributed by atoms with Gasteiger partial charge in [0.1, 0.15) is 0 Å². The third-order valence-electron chi connectivity index (χ3n) is 7.30. The van der Waals surface area contributed by atoms with E-state index in [2.05, 4.69) is 41.5 Å². The summed E-state index contributed by atoms with van der Waals surface area (Å²) in [6.07, 6.45) is 13.6. The Hall–Kier alpha value is 0. The number of rotatable bonds is 0. The summed E-state index contributed by atoms with van der Waals surface area (Å²) < 4.78 is 0. The Balaban J connectivity index is 0.000000101. The van der Waals surface area contributed by atoms with Crippen LogP contribution in [0.25, 0.3) is 0 Å². The molecule has 128 valence electrons. The van der Waals surface area contributed by atoms with Crippen LogP contribution in [0, 0.1) is 39.9 Å². The highest BCUT2D eigenvalue weighted by atomic mass is 14.7. The highest BCUT2D eigenvalue weighted by Gasteiger charge is 2.61. The SMILES string of the molecule is CC12CC(C)(C1)C2.CC1CC(C)C1.CC1CC2(C1)CC(C)C2. The molecule has 0 nitrogen and oxygen atoms in total. The third kappa shape index (κ3) is 3.41. The minimum Gasteiger partial charge on any atom is -0.0625 e. The van der Waals surface area contributed by atoms with Crippen molar-refractivity contribution in [3.63, 3.8) is 0 Å². The van der Waals surface area contributed by atoms with Crippen LogP contribution in [-0.2, 0) is 0 Å². The lowest BCUT2D eigenvalue weighted by molar-refractivity contribution is -0.176. The summed E-state index contributed by atoms with van der Waals surface area (Å²) in [5, 5.41) is 0. The molecule has 0 aromatic carbocycles. The minimum atomic E-state index is 0.828. The maximum absolute atomic E-state index is 2.40. The van der Waals surface area contributed by atoms with E-state index in [0.29, 0.717) is 0 Å². The molecule has 6 aliphatic rings. The highest BCUT2D eigenvalue weighted by molar-refractivity contribution is 5.12. The molecule has 0 saturated heterocycles. The van der Waals surface area contributed by atoms with Crippen LogP contribution in [0.1, 0.15) is 99.3 Å². The van der Waals surface area contributed by atoms with Crippen LogP contribution in [0.4, 0.5) is 0 Å². The lowest BCUT2D eigenvalue weighted by atomic mass is 9.37. The minimum absolute atomic E-state index is 0.828. The number of hydrogen-bond donors (Lipinski definition) is 0. The second-order valence-corrected chi connectivity index (χ2v) is 11.4. The summed E-state index contributed by atoms with van der Waals surface area (Å²) in [7, 11) is 0. The molecule has 6 rings (SSSR count). The van der Waals surface area contributed by atoms with Crippen molar-refractivity contribution in [2.75, 3.05) is 0 Å². The Morgan fingerprint density at radius 1 is 0.545 bits per heavy atom. The molecule has 0 aromatic rings. The van der Waals surface area contributed by atoms with Gasteiger partial charge in [-0.3, -0.25) is 0 Å². The first kappa shape index (κ1) is 16.8. The van der Waals surface area contributed by atoms with Crippen molar-refractivity contribution in [1.82, 2.24) is 0 Å². The molecular weight excluding hydrogens is 264 g/mol. The van der Waals surface area contributed by atoms with Crippen molar-refractivity contribution in [3.05, 3.63) is 0 Å². The predicted molar refractivity (Wildman–Crippen MR) is 96.9 cm³/mol. The molecule has 0 atom stereocenters. The quantitative estimate of drug-likeness (QED) is 0.448. The van der Waals surface area contributed by atoms with Gasteiger partial charge < -0.3 is 0 Å². The fourth-order valence-electron chi connectivity index (χ4n) is 7.41. The zero-order valence-corrected chi connectivity index (χ0v) is 16.2. The van der Waals surface area contributed by atoms with Gasteiger partial charge in [0.05, 0.1) is 0 Å². The van der Waals surface area contributed by atoms with Crippen LogP contribution in [0.5, 0.6) is 0 Å². The lowest BCUT2D eigenvalue weighted by Crippen LogP contribution is -2.57. The van der Waals surface area contributed by atoms with Crippen LogP contribution in [0.15, 0.2) is 0 Å². The van der Waals surface area contributed by atoms with E-state index in [-0.39, 0.29) is 0 Å². The van der Waals surface area contributed by atoms with Crippen LogP contribution in [-0.4, -0.2) is 0 Å². The normalized spacial score (nSPS) is 56.5. The lowest BCUT2D eigenvalue weighted by Gasteiger charge is -2.68. The molecule has 0 unspecified atom stereocenters. The van der Waals surface area contributed by atoms with Gasteiger partial charge in [0.2, 0.25) is 0 Å². The zero-order valence-electron chi connectivity index (χ0n) is 16.2. The van der Waals surface area contributed by atoms with Crippen molar-refractivity contribution in [2.24, 2.45) is 39.9 Å². The molecule has 0 amide bonds. The molecule has 0 heterocycles. The Morgan fingerprint density at radius 3 is 0.955 bits per heavy atom. The molecule has 0 aromatic heterocycles. The van der Waals surface area contributed by atoms with Gasteiger partial charge in [-0.25, -0.2) is 0 Å². The number of hydrogen-bond acceptors (Lipinski definition) is 0. The summed E-state index contributed by atoms with van der Waals surface area (Å²) in [6.45, 7) is 14.2. The summed E-state index contributed by atoms with van der Waals surface area (Å²) >= 11 is 0. The third-order valence-corrected chi connectivity index (χ3v) is 7.30. The van der Waals surface area contributed by atoms with Crippen LogP contribution < -0.4 is 0 Å². The van der Waals surface area contributed by atoms with Gasteiger partial charge >= 0.3 is 0 Å². The first-order valence-electron chi connectivity index (χ1n) is 10.1. The van der Waals surface area contributed by atoms with E-state index in [9.17, 15) is 0 Å². The Kier molecular flexibility index (Phi) is 4.23. The second-order valence-electron chi connectivity index (χ2n) is 11.4. The molecule has 0 radical (unpaired) electrons. The molecule has 22 heavy (non-hydrogen) atoms. The van der Waals surface area contributed by atoms with Crippen molar-refractivity contribution in [3.8, 4) is 0 Å². The Morgan fingerprint density at radius 2 is 0.864 bits per heavy atom. The molecule has 0 N–H and O–H groups in total. The van der Waals surface area contributed by atoms with E-state index in [4.69, 9.17) is 0 Å². The van der Waals surface area contributed by atoms with Gasteiger partial charge in [0.25, 0.3) is 0 Å². The van der Waals surface area contributed by atoms with Gasteiger partial charge in [-0.05, 0) is 97.7 Å². The summed E-state index contributed by atoms with van der Waals surface area (Å²) in [5.74, 6) is 4.19. The fourth-order valence-corrected chi connectivity index (χ4v) is 7.41. The van der Waals surface area contributed by atoms with E-state index in [1.165, 1.54) is 57.8 Å². The molecule has 2 bridgehead atoms. The average molecular weight is 305 g/mol. The average Bonchev–Trinajstić information content (AvgIpc) is 2.22. The monoisotopic (exact) mass is 304 g/mol. The topological polar surface area (TPSA) is 0 Å². The van der Waals surface area contributed by atoms with Crippen LogP contribution >= 0.6 is 0 Å².